The summed E-state index contributed by atoms with van der Waals surface area (Å²) in [6.45, 7) is 3.91. The van der Waals surface area contributed by atoms with Crippen molar-refractivity contribution in [3.05, 3.63) is 0 Å². The van der Waals surface area contributed by atoms with E-state index in [1.54, 1.807) is 6.92 Å². The summed E-state index contributed by atoms with van der Waals surface area (Å²) in [5, 5.41) is 11.1. The molecule has 0 atom stereocenters. The first-order valence-corrected chi connectivity index (χ1v) is 6.53. The Morgan fingerprint density at radius 1 is 1.47 bits per heavy atom. The van der Waals surface area contributed by atoms with Gasteiger partial charge in [-0.2, -0.15) is 4.31 Å². The minimum atomic E-state index is -3.28. The van der Waals surface area contributed by atoms with Crippen LogP contribution in [-0.2, 0) is 10.0 Å². The van der Waals surface area contributed by atoms with Gasteiger partial charge >= 0.3 is 0 Å². The minimum absolute atomic E-state index is 0.0565. The molecule has 7 heteroatoms. The van der Waals surface area contributed by atoms with Crippen LogP contribution in [0.25, 0.3) is 0 Å². The van der Waals surface area contributed by atoms with E-state index in [0.717, 1.165) is 6.42 Å². The number of likely N-dealkylation sites (N-methyl/N-ethyl adjacent to an activating group) is 1. The van der Waals surface area contributed by atoms with Gasteiger partial charge in [0.15, 0.2) is 5.84 Å². The van der Waals surface area contributed by atoms with Crippen LogP contribution in [0.4, 0.5) is 0 Å². The Balaban J connectivity index is 4.51. The Morgan fingerprint density at radius 3 is 2.47 bits per heavy atom. The lowest BCUT2D eigenvalue weighted by Gasteiger charge is -2.19. The molecule has 0 bridgehead atoms. The molecule has 15 heavy (non-hydrogen) atoms. The lowest BCUT2D eigenvalue weighted by atomic mass is 10.4. The average Bonchev–Trinajstić information content (AvgIpc) is 2.22. The third kappa shape index (κ3) is 4.98. The van der Waals surface area contributed by atoms with Gasteiger partial charge in [0.25, 0.3) is 0 Å². The van der Waals surface area contributed by atoms with E-state index < -0.39 is 10.0 Å². The summed E-state index contributed by atoms with van der Waals surface area (Å²) in [5.41, 5.74) is 5.27. The summed E-state index contributed by atoms with van der Waals surface area (Å²) < 4.78 is 24.6. The third-order valence-electron chi connectivity index (χ3n) is 1.97. The summed E-state index contributed by atoms with van der Waals surface area (Å²) in [7, 11) is -3.28. The summed E-state index contributed by atoms with van der Waals surface area (Å²) in [6, 6.07) is 0. The van der Waals surface area contributed by atoms with Crippen LogP contribution >= 0.6 is 0 Å². The van der Waals surface area contributed by atoms with E-state index in [2.05, 4.69) is 5.16 Å². The van der Waals surface area contributed by atoms with E-state index in [4.69, 9.17) is 10.9 Å². The number of unbranched alkanes of at least 4 members (excludes halogenated alkanes) is 1. The van der Waals surface area contributed by atoms with Crippen molar-refractivity contribution in [2.24, 2.45) is 10.9 Å². The van der Waals surface area contributed by atoms with Crippen molar-refractivity contribution in [3.8, 4) is 0 Å². The number of nitrogens with zero attached hydrogens (tertiary/aromatic N) is 2. The van der Waals surface area contributed by atoms with Gasteiger partial charge in [0.1, 0.15) is 0 Å². The molecular weight excluding hydrogens is 218 g/mol. The van der Waals surface area contributed by atoms with Gasteiger partial charge in [-0.05, 0) is 6.42 Å². The van der Waals surface area contributed by atoms with Gasteiger partial charge in [-0.25, -0.2) is 8.42 Å². The topological polar surface area (TPSA) is 96.0 Å². The molecule has 0 radical (unpaired) electrons. The zero-order valence-electron chi connectivity index (χ0n) is 9.18. The first kappa shape index (κ1) is 14.2. The summed E-state index contributed by atoms with van der Waals surface area (Å²) in [6.07, 6.45) is 1.44. The number of rotatable bonds is 7. The van der Waals surface area contributed by atoms with Crippen molar-refractivity contribution >= 4 is 15.9 Å². The van der Waals surface area contributed by atoms with Crippen molar-refractivity contribution in [3.63, 3.8) is 0 Å². The molecule has 0 aromatic carbocycles. The van der Waals surface area contributed by atoms with E-state index >= 15 is 0 Å². The Bertz CT molecular complexity index is 300. The number of sulfonamides is 1. The number of nitrogens with two attached hydrogens (primary N) is 1. The number of hydrogen-bond donors (Lipinski definition) is 2. The molecule has 0 aliphatic rings. The Kier molecular flexibility index (Phi) is 6.26. The molecule has 0 saturated carbocycles. The molecular formula is C8H19N3O3S. The molecule has 0 aromatic heterocycles. The zero-order chi connectivity index (χ0) is 11.9. The predicted molar refractivity (Wildman–Crippen MR) is 59.4 cm³/mol. The molecule has 0 amide bonds. The Hall–Kier alpha value is -0.820. The summed E-state index contributed by atoms with van der Waals surface area (Å²) in [5.74, 6) is 0.00712. The van der Waals surface area contributed by atoms with E-state index in [1.807, 2.05) is 6.92 Å². The molecule has 3 N–H and O–H groups in total. The van der Waals surface area contributed by atoms with Crippen molar-refractivity contribution < 1.29 is 13.6 Å². The molecule has 0 spiro atoms. The van der Waals surface area contributed by atoms with Crippen LogP contribution < -0.4 is 5.73 Å². The highest BCUT2D eigenvalue weighted by Crippen LogP contribution is 2.04. The molecule has 0 fully saturated rings. The zero-order valence-corrected chi connectivity index (χ0v) is 10.00. The molecule has 6 nitrogen and oxygen atoms in total. The second-order valence-electron chi connectivity index (χ2n) is 3.19. The number of amidine groups is 1. The van der Waals surface area contributed by atoms with Crippen molar-refractivity contribution in [2.75, 3.05) is 18.8 Å². The maximum Gasteiger partial charge on any atom is 0.214 e. The fourth-order valence-corrected chi connectivity index (χ4v) is 2.71. The highest BCUT2D eigenvalue weighted by atomic mass is 32.2. The van der Waals surface area contributed by atoms with Crippen molar-refractivity contribution in [1.29, 1.82) is 0 Å². The van der Waals surface area contributed by atoms with Gasteiger partial charge in [-0.1, -0.05) is 25.4 Å². The number of oxime groups is 1. The quantitative estimate of drug-likeness (QED) is 0.286. The predicted octanol–water partition coefficient (Wildman–Crippen LogP) is 0.185. The lowest BCUT2D eigenvalue weighted by molar-refractivity contribution is 0.315. The molecule has 0 aliphatic carbocycles. The van der Waals surface area contributed by atoms with Gasteiger partial charge in [0.2, 0.25) is 10.0 Å². The maximum atomic E-state index is 11.7. The molecule has 0 heterocycles. The van der Waals surface area contributed by atoms with Gasteiger partial charge in [0.05, 0.1) is 12.3 Å². The molecule has 0 aromatic rings. The SMILES string of the molecule is CCCCS(=O)(=O)N(CC)CC(N)=NO. The number of hydrogen-bond acceptors (Lipinski definition) is 4. The first-order chi connectivity index (χ1) is 6.97. The van der Waals surface area contributed by atoms with Crippen molar-refractivity contribution in [2.45, 2.75) is 26.7 Å². The standard InChI is InChI=1S/C8H19N3O3S/c1-3-5-6-15(13,14)11(4-2)7-8(9)10-12/h12H,3-7H2,1-2H3,(H2,9,10). The van der Waals surface area contributed by atoms with Crippen LogP contribution in [0.2, 0.25) is 0 Å². The van der Waals surface area contributed by atoms with Crippen LogP contribution in [0.1, 0.15) is 26.7 Å². The van der Waals surface area contributed by atoms with Gasteiger partial charge in [-0.15, -0.1) is 0 Å². The summed E-state index contributed by atoms with van der Waals surface area (Å²) in [4.78, 5) is 0. The van der Waals surface area contributed by atoms with Crippen LogP contribution in [0.5, 0.6) is 0 Å². The molecule has 0 saturated heterocycles. The van der Waals surface area contributed by atoms with Crippen LogP contribution in [0.15, 0.2) is 5.16 Å². The highest BCUT2D eigenvalue weighted by Gasteiger charge is 2.20. The van der Waals surface area contributed by atoms with E-state index in [9.17, 15) is 8.42 Å². The smallest absolute Gasteiger partial charge is 0.214 e. The molecule has 0 rings (SSSR count). The second-order valence-corrected chi connectivity index (χ2v) is 5.28. The first-order valence-electron chi connectivity index (χ1n) is 4.92. The summed E-state index contributed by atoms with van der Waals surface area (Å²) >= 11 is 0. The minimum Gasteiger partial charge on any atom is -0.409 e. The Labute approximate surface area is 90.8 Å². The fraction of sp³-hybridized carbons (Fsp3) is 0.875. The van der Waals surface area contributed by atoms with Gasteiger partial charge in [0, 0.05) is 6.54 Å². The molecule has 90 valence electrons. The molecule has 0 aliphatic heterocycles. The van der Waals surface area contributed by atoms with Gasteiger partial charge < -0.3 is 10.9 Å². The monoisotopic (exact) mass is 237 g/mol. The van der Waals surface area contributed by atoms with Crippen LogP contribution in [0.3, 0.4) is 0 Å². The fourth-order valence-electron chi connectivity index (χ4n) is 1.07. The van der Waals surface area contributed by atoms with E-state index in [1.165, 1.54) is 4.31 Å². The van der Waals surface area contributed by atoms with Gasteiger partial charge in [-0.3, -0.25) is 0 Å². The Morgan fingerprint density at radius 2 is 2.07 bits per heavy atom. The van der Waals surface area contributed by atoms with Crippen LogP contribution in [-0.4, -0.2) is 42.6 Å². The average molecular weight is 237 g/mol. The third-order valence-corrected chi connectivity index (χ3v) is 3.95. The largest absolute Gasteiger partial charge is 0.409 e. The van der Waals surface area contributed by atoms with E-state index in [-0.39, 0.29) is 18.1 Å². The lowest BCUT2D eigenvalue weighted by Crippen LogP contribution is -2.39. The molecule has 0 unspecified atom stereocenters. The highest BCUT2D eigenvalue weighted by molar-refractivity contribution is 7.89. The van der Waals surface area contributed by atoms with E-state index in [0.29, 0.717) is 13.0 Å². The van der Waals surface area contributed by atoms with Crippen molar-refractivity contribution in [1.82, 2.24) is 4.31 Å². The normalized spacial score (nSPS) is 13.4. The second kappa shape index (κ2) is 6.62. The maximum absolute atomic E-state index is 11.7. The van der Waals surface area contributed by atoms with Crippen LogP contribution in [0, 0.1) is 0 Å².